The molecule has 140 valence electrons. The van der Waals surface area contributed by atoms with Crippen LogP contribution in [0.2, 0.25) is 0 Å². The Hall–Kier alpha value is -1.51. The summed E-state index contributed by atoms with van der Waals surface area (Å²) in [5.74, 6) is -0.119. The Bertz CT molecular complexity index is 632. The van der Waals surface area contributed by atoms with Gasteiger partial charge < -0.3 is 15.0 Å². The molecular formula is C16H21BrF3N3O2. The highest BCUT2D eigenvalue weighted by Gasteiger charge is 2.37. The normalized spacial score (nSPS) is 18.8. The van der Waals surface area contributed by atoms with Gasteiger partial charge in [-0.1, -0.05) is 0 Å². The Kier molecular flexibility index (Phi) is 5.86. The molecule has 1 amide bonds. The highest BCUT2D eigenvalue weighted by molar-refractivity contribution is 9.10. The van der Waals surface area contributed by atoms with E-state index in [2.05, 4.69) is 26.2 Å². The number of carbonyl (C=O) groups excluding carboxylic acids is 1. The van der Waals surface area contributed by atoms with Gasteiger partial charge in [-0.15, -0.1) is 0 Å². The van der Waals surface area contributed by atoms with Crippen molar-refractivity contribution >= 4 is 27.8 Å². The Morgan fingerprint density at radius 1 is 1.40 bits per heavy atom. The molecule has 1 saturated heterocycles. The van der Waals surface area contributed by atoms with Crippen molar-refractivity contribution < 1.29 is 22.7 Å². The van der Waals surface area contributed by atoms with Crippen LogP contribution < -0.4 is 10.2 Å². The lowest BCUT2D eigenvalue weighted by molar-refractivity contribution is -0.137. The molecule has 1 fully saturated rings. The van der Waals surface area contributed by atoms with Crippen molar-refractivity contribution in [2.45, 2.75) is 51.4 Å². The average Bonchev–Trinajstić information content (AvgIpc) is 2.44. The first-order valence-electron chi connectivity index (χ1n) is 7.93. The number of rotatable bonds is 2. The van der Waals surface area contributed by atoms with Crippen LogP contribution in [0.15, 0.2) is 16.7 Å². The van der Waals surface area contributed by atoms with E-state index in [1.807, 2.05) is 0 Å². The molecule has 1 aliphatic heterocycles. The molecule has 0 bridgehead atoms. The van der Waals surface area contributed by atoms with E-state index >= 15 is 0 Å². The summed E-state index contributed by atoms with van der Waals surface area (Å²) in [4.78, 5) is 17.4. The van der Waals surface area contributed by atoms with Crippen LogP contribution in [-0.4, -0.2) is 35.8 Å². The van der Waals surface area contributed by atoms with Gasteiger partial charge in [0, 0.05) is 29.8 Å². The fourth-order valence-electron chi connectivity index (χ4n) is 2.65. The van der Waals surface area contributed by atoms with E-state index in [0.29, 0.717) is 19.4 Å². The fourth-order valence-corrected chi connectivity index (χ4v) is 2.99. The smallest absolute Gasteiger partial charge is 0.419 e. The quantitative estimate of drug-likeness (QED) is 0.767. The van der Waals surface area contributed by atoms with Gasteiger partial charge in [0.05, 0.1) is 5.56 Å². The van der Waals surface area contributed by atoms with Crippen molar-refractivity contribution in [3.63, 3.8) is 0 Å². The molecule has 0 spiro atoms. The number of pyridine rings is 1. The number of nitrogens with zero attached hydrogens (tertiary/aromatic N) is 2. The number of hydrogen-bond acceptors (Lipinski definition) is 4. The molecule has 1 N–H and O–H groups in total. The van der Waals surface area contributed by atoms with Crippen LogP contribution in [0.1, 0.15) is 39.2 Å². The Morgan fingerprint density at radius 2 is 2.08 bits per heavy atom. The third kappa shape index (κ3) is 5.76. The van der Waals surface area contributed by atoms with Crippen molar-refractivity contribution in [2.75, 3.05) is 18.0 Å². The molecule has 1 atom stereocenters. The number of nitrogens with one attached hydrogen (secondary N) is 1. The predicted molar refractivity (Wildman–Crippen MR) is 91.5 cm³/mol. The van der Waals surface area contributed by atoms with Gasteiger partial charge in [-0.3, -0.25) is 0 Å². The van der Waals surface area contributed by atoms with E-state index in [9.17, 15) is 18.0 Å². The van der Waals surface area contributed by atoms with E-state index in [1.54, 1.807) is 25.7 Å². The monoisotopic (exact) mass is 423 g/mol. The number of alkyl halides is 3. The maximum absolute atomic E-state index is 13.3. The lowest BCUT2D eigenvalue weighted by atomic mass is 10.0. The fraction of sp³-hybridized carbons (Fsp3) is 0.625. The second kappa shape index (κ2) is 7.39. The zero-order chi connectivity index (χ0) is 18.8. The summed E-state index contributed by atoms with van der Waals surface area (Å²) in [5.41, 5.74) is -1.42. The number of aromatic nitrogens is 1. The van der Waals surface area contributed by atoms with Crippen LogP contribution in [0.25, 0.3) is 0 Å². The summed E-state index contributed by atoms with van der Waals surface area (Å²) >= 11 is 3.03. The molecule has 2 rings (SSSR count). The molecule has 5 nitrogen and oxygen atoms in total. The molecule has 25 heavy (non-hydrogen) atoms. The number of piperidine rings is 1. The summed E-state index contributed by atoms with van der Waals surface area (Å²) < 4.78 is 45.4. The molecule has 0 unspecified atom stereocenters. The number of hydrogen-bond donors (Lipinski definition) is 1. The van der Waals surface area contributed by atoms with E-state index in [-0.39, 0.29) is 22.9 Å². The summed E-state index contributed by atoms with van der Waals surface area (Å²) in [7, 11) is 0. The molecular weight excluding hydrogens is 403 g/mol. The van der Waals surface area contributed by atoms with Crippen LogP contribution in [0, 0.1) is 0 Å². The molecule has 2 heterocycles. The SMILES string of the molecule is CC(C)(C)OC(=O)N[C@@H]1CCCN(c2ncc(Br)cc2C(F)(F)F)C1. The maximum atomic E-state index is 13.3. The second-order valence-corrected chi connectivity index (χ2v) is 7.87. The lowest BCUT2D eigenvalue weighted by Crippen LogP contribution is -2.49. The van der Waals surface area contributed by atoms with Gasteiger partial charge in [-0.05, 0) is 55.6 Å². The molecule has 0 saturated carbocycles. The number of anilines is 1. The average molecular weight is 424 g/mol. The molecule has 9 heteroatoms. The van der Waals surface area contributed by atoms with Gasteiger partial charge in [0.25, 0.3) is 0 Å². The van der Waals surface area contributed by atoms with Gasteiger partial charge in [0.1, 0.15) is 11.4 Å². The second-order valence-electron chi connectivity index (χ2n) is 6.95. The van der Waals surface area contributed by atoms with Gasteiger partial charge in [0.2, 0.25) is 0 Å². The lowest BCUT2D eigenvalue weighted by Gasteiger charge is -2.35. The summed E-state index contributed by atoms with van der Waals surface area (Å²) in [6, 6.07) is 0.725. The minimum absolute atomic E-state index is 0.119. The maximum Gasteiger partial charge on any atom is 0.419 e. The van der Waals surface area contributed by atoms with Crippen LogP contribution in [-0.2, 0) is 10.9 Å². The van der Waals surface area contributed by atoms with E-state index in [4.69, 9.17) is 4.74 Å². The van der Waals surface area contributed by atoms with Gasteiger partial charge in [-0.25, -0.2) is 9.78 Å². The number of alkyl carbamates (subject to hydrolysis) is 1. The zero-order valence-corrected chi connectivity index (χ0v) is 15.9. The molecule has 1 aliphatic rings. The number of carbonyl (C=O) groups is 1. The first kappa shape index (κ1) is 19.8. The van der Waals surface area contributed by atoms with Crippen molar-refractivity contribution in [2.24, 2.45) is 0 Å². The minimum Gasteiger partial charge on any atom is -0.444 e. The summed E-state index contributed by atoms with van der Waals surface area (Å²) in [6.45, 7) is 5.95. The first-order chi connectivity index (χ1) is 11.5. The Labute approximate surface area is 153 Å². The minimum atomic E-state index is -4.50. The number of amides is 1. The van der Waals surface area contributed by atoms with E-state index in [0.717, 1.165) is 6.07 Å². The standard InChI is InChI=1S/C16H21BrF3N3O2/c1-15(2,3)25-14(24)22-11-5-4-6-23(9-11)13-12(16(18,19)20)7-10(17)8-21-13/h7-8,11H,4-6,9H2,1-3H3,(H,22,24)/t11-/m1/s1. The first-order valence-corrected chi connectivity index (χ1v) is 8.72. The molecule has 0 radical (unpaired) electrons. The van der Waals surface area contributed by atoms with Crippen LogP contribution in [0.4, 0.5) is 23.8 Å². The van der Waals surface area contributed by atoms with Crippen LogP contribution >= 0.6 is 15.9 Å². The van der Waals surface area contributed by atoms with Gasteiger partial charge in [0.15, 0.2) is 0 Å². The number of ether oxygens (including phenoxy) is 1. The van der Waals surface area contributed by atoms with Gasteiger partial charge in [-0.2, -0.15) is 13.2 Å². The molecule has 0 aromatic carbocycles. The largest absolute Gasteiger partial charge is 0.444 e. The summed E-state index contributed by atoms with van der Waals surface area (Å²) in [5, 5.41) is 2.72. The molecule has 1 aromatic heterocycles. The van der Waals surface area contributed by atoms with Crippen molar-refractivity contribution in [3.05, 3.63) is 22.3 Å². The Balaban J connectivity index is 2.13. The number of halogens is 4. The highest BCUT2D eigenvalue weighted by Crippen LogP contribution is 2.37. The third-order valence-electron chi connectivity index (χ3n) is 3.58. The van der Waals surface area contributed by atoms with Crippen LogP contribution in [0.5, 0.6) is 0 Å². The van der Waals surface area contributed by atoms with Crippen LogP contribution in [0.3, 0.4) is 0 Å². The molecule has 0 aliphatic carbocycles. The third-order valence-corrected chi connectivity index (χ3v) is 4.01. The van der Waals surface area contributed by atoms with Crippen molar-refractivity contribution in [1.82, 2.24) is 10.3 Å². The predicted octanol–water partition coefficient (Wildman–Crippen LogP) is 4.36. The highest BCUT2D eigenvalue weighted by atomic mass is 79.9. The molecule has 1 aromatic rings. The van der Waals surface area contributed by atoms with Crippen molar-refractivity contribution in [3.8, 4) is 0 Å². The van der Waals surface area contributed by atoms with E-state index in [1.165, 1.54) is 6.20 Å². The van der Waals surface area contributed by atoms with E-state index < -0.39 is 23.4 Å². The van der Waals surface area contributed by atoms with Crippen molar-refractivity contribution in [1.29, 1.82) is 0 Å². The zero-order valence-electron chi connectivity index (χ0n) is 14.3. The van der Waals surface area contributed by atoms with Gasteiger partial charge >= 0.3 is 12.3 Å². The summed E-state index contributed by atoms with van der Waals surface area (Å²) in [6.07, 6.45) is -2.41. The topological polar surface area (TPSA) is 54.5 Å². The Morgan fingerprint density at radius 3 is 2.68 bits per heavy atom.